The Bertz CT molecular complexity index is 763. The van der Waals surface area contributed by atoms with E-state index < -0.39 is 0 Å². The predicted octanol–water partition coefficient (Wildman–Crippen LogP) is 3.82. The van der Waals surface area contributed by atoms with E-state index in [0.717, 1.165) is 11.1 Å². The lowest BCUT2D eigenvalue weighted by molar-refractivity contribution is 0.615. The first-order valence-corrected chi connectivity index (χ1v) is 8.06. The zero-order chi connectivity index (χ0) is 18.4. The topological polar surface area (TPSA) is 39.7 Å². The highest BCUT2D eigenvalue weighted by Crippen LogP contribution is 2.18. The van der Waals surface area contributed by atoms with Gasteiger partial charge in [0.1, 0.15) is 11.6 Å². The summed E-state index contributed by atoms with van der Waals surface area (Å²) >= 11 is 0. The van der Waals surface area contributed by atoms with E-state index in [4.69, 9.17) is 0 Å². The largest absolute Gasteiger partial charge is 0.375 e. The zero-order valence-corrected chi connectivity index (χ0v) is 17.8. The van der Waals surface area contributed by atoms with Crippen LogP contribution in [-0.2, 0) is 13.1 Å². The van der Waals surface area contributed by atoms with Crippen LogP contribution >= 0.6 is 24.0 Å². The Balaban J connectivity index is 0.00000338. The minimum Gasteiger partial charge on any atom is -0.375 e. The summed E-state index contributed by atoms with van der Waals surface area (Å²) in [6, 6.07) is 10.2. The van der Waals surface area contributed by atoms with E-state index >= 15 is 0 Å². The van der Waals surface area contributed by atoms with E-state index in [-0.39, 0.29) is 35.6 Å². The van der Waals surface area contributed by atoms with E-state index in [0.29, 0.717) is 30.3 Å². The Kier molecular flexibility index (Phi) is 8.77. The molecule has 0 unspecified atom stereocenters. The fourth-order valence-corrected chi connectivity index (χ4v) is 2.36. The molecule has 2 N–H and O–H groups in total. The molecule has 0 saturated carbocycles. The van der Waals surface area contributed by atoms with Crippen molar-refractivity contribution in [2.24, 2.45) is 4.99 Å². The first-order valence-electron chi connectivity index (χ1n) is 8.06. The number of aliphatic imine (C=N–C) groups is 1. The molecule has 2 aromatic carbocycles. The number of anilines is 1. The van der Waals surface area contributed by atoms with Crippen LogP contribution in [-0.4, -0.2) is 27.1 Å². The van der Waals surface area contributed by atoms with Gasteiger partial charge in [-0.25, -0.2) is 8.78 Å². The van der Waals surface area contributed by atoms with Gasteiger partial charge in [-0.15, -0.1) is 24.0 Å². The molecule has 0 saturated heterocycles. The standard InChI is InChI=1S/C19H24F2N4.HI/c1-13-5-6-14(9-16(13)20)11-23-19(22-2)24-12-15-7-8-18(25(3)4)17(21)10-15;/h5-10H,11-12H2,1-4H3,(H2,22,23,24);1H. The average molecular weight is 474 g/mol. The first kappa shape index (κ1) is 22.1. The molecule has 142 valence electrons. The summed E-state index contributed by atoms with van der Waals surface area (Å²) < 4.78 is 27.6. The third kappa shape index (κ3) is 6.12. The molecule has 0 aliphatic rings. The Hall–Kier alpha value is -1.90. The molecule has 0 spiro atoms. The highest BCUT2D eigenvalue weighted by molar-refractivity contribution is 14.0. The van der Waals surface area contributed by atoms with Crippen molar-refractivity contribution < 1.29 is 8.78 Å². The maximum atomic E-state index is 14.0. The molecule has 0 heterocycles. The van der Waals surface area contributed by atoms with Crippen molar-refractivity contribution >= 4 is 35.6 Å². The number of hydrogen-bond acceptors (Lipinski definition) is 2. The molecular formula is C19H25F2IN4. The summed E-state index contributed by atoms with van der Waals surface area (Å²) in [5, 5.41) is 6.24. The summed E-state index contributed by atoms with van der Waals surface area (Å²) in [7, 11) is 5.26. The molecule has 0 aromatic heterocycles. The summed E-state index contributed by atoms with van der Waals surface area (Å²) in [5.74, 6) is 0.0826. The number of guanidine groups is 1. The fourth-order valence-electron chi connectivity index (χ4n) is 2.36. The minimum atomic E-state index is -0.262. The minimum absolute atomic E-state index is 0. The molecule has 0 aliphatic heterocycles. The maximum Gasteiger partial charge on any atom is 0.191 e. The third-order valence-corrected chi connectivity index (χ3v) is 3.87. The number of nitrogens with zero attached hydrogens (tertiary/aromatic N) is 2. The van der Waals surface area contributed by atoms with E-state index in [2.05, 4.69) is 15.6 Å². The van der Waals surface area contributed by atoms with Crippen molar-refractivity contribution in [3.8, 4) is 0 Å². The predicted molar refractivity (Wildman–Crippen MR) is 114 cm³/mol. The third-order valence-electron chi connectivity index (χ3n) is 3.87. The lowest BCUT2D eigenvalue weighted by Gasteiger charge is -2.15. The lowest BCUT2D eigenvalue weighted by Crippen LogP contribution is -2.36. The lowest BCUT2D eigenvalue weighted by atomic mass is 10.1. The van der Waals surface area contributed by atoms with Crippen molar-refractivity contribution in [1.82, 2.24) is 10.6 Å². The Morgan fingerprint density at radius 2 is 1.50 bits per heavy atom. The molecule has 0 amide bonds. The molecule has 7 heteroatoms. The van der Waals surface area contributed by atoms with Crippen molar-refractivity contribution in [2.45, 2.75) is 20.0 Å². The van der Waals surface area contributed by atoms with Crippen LogP contribution < -0.4 is 15.5 Å². The highest BCUT2D eigenvalue weighted by Gasteiger charge is 2.06. The SMILES string of the molecule is CN=C(NCc1ccc(C)c(F)c1)NCc1ccc(N(C)C)c(F)c1.I. The molecule has 0 radical (unpaired) electrons. The summed E-state index contributed by atoms with van der Waals surface area (Å²) in [6.07, 6.45) is 0. The number of nitrogens with one attached hydrogen (secondary N) is 2. The zero-order valence-electron chi connectivity index (χ0n) is 15.4. The number of hydrogen-bond donors (Lipinski definition) is 2. The van der Waals surface area contributed by atoms with Gasteiger partial charge in [-0.05, 0) is 41.8 Å². The van der Waals surface area contributed by atoms with Crippen LogP contribution in [0.3, 0.4) is 0 Å². The Morgan fingerprint density at radius 3 is 1.96 bits per heavy atom. The summed E-state index contributed by atoms with van der Waals surface area (Å²) in [5.41, 5.74) is 2.81. The molecule has 0 bridgehead atoms. The van der Waals surface area contributed by atoms with Gasteiger partial charge in [0.05, 0.1) is 5.69 Å². The number of benzene rings is 2. The van der Waals surface area contributed by atoms with Crippen molar-refractivity contribution in [2.75, 3.05) is 26.0 Å². The van der Waals surface area contributed by atoms with Crippen LogP contribution in [0.1, 0.15) is 16.7 Å². The second-order valence-corrected chi connectivity index (χ2v) is 6.04. The molecule has 2 aromatic rings. The fraction of sp³-hybridized carbons (Fsp3) is 0.316. The van der Waals surface area contributed by atoms with E-state index in [1.165, 1.54) is 12.1 Å². The second-order valence-electron chi connectivity index (χ2n) is 6.04. The number of aryl methyl sites for hydroxylation is 1. The monoisotopic (exact) mass is 474 g/mol. The number of rotatable bonds is 5. The van der Waals surface area contributed by atoms with Crippen LogP contribution in [0, 0.1) is 18.6 Å². The van der Waals surface area contributed by atoms with Crippen molar-refractivity contribution in [3.05, 3.63) is 64.7 Å². The van der Waals surface area contributed by atoms with Gasteiger partial charge in [0.2, 0.25) is 0 Å². The normalized spacial score (nSPS) is 10.9. The van der Waals surface area contributed by atoms with Gasteiger partial charge < -0.3 is 15.5 Å². The summed E-state index contributed by atoms with van der Waals surface area (Å²) in [6.45, 7) is 2.62. The Labute approximate surface area is 170 Å². The molecule has 2 rings (SSSR count). The van der Waals surface area contributed by atoms with Gasteiger partial charge >= 0.3 is 0 Å². The molecular weight excluding hydrogens is 449 g/mol. The van der Waals surface area contributed by atoms with Gasteiger partial charge in [-0.2, -0.15) is 0 Å². The van der Waals surface area contributed by atoms with Gasteiger partial charge in [-0.3, -0.25) is 4.99 Å². The van der Waals surface area contributed by atoms with E-state index in [1.807, 2.05) is 12.1 Å². The van der Waals surface area contributed by atoms with Crippen LogP contribution in [0.15, 0.2) is 41.4 Å². The smallest absolute Gasteiger partial charge is 0.191 e. The van der Waals surface area contributed by atoms with Crippen LogP contribution in [0.4, 0.5) is 14.5 Å². The summed E-state index contributed by atoms with van der Waals surface area (Å²) in [4.78, 5) is 5.85. The molecule has 26 heavy (non-hydrogen) atoms. The van der Waals surface area contributed by atoms with Crippen LogP contribution in [0.5, 0.6) is 0 Å². The van der Waals surface area contributed by atoms with Gasteiger partial charge in [0.25, 0.3) is 0 Å². The molecule has 0 fully saturated rings. The number of halogens is 3. The second kappa shape index (κ2) is 10.3. The highest BCUT2D eigenvalue weighted by atomic mass is 127. The molecule has 0 aliphatic carbocycles. The van der Waals surface area contributed by atoms with Gasteiger partial charge in [-0.1, -0.05) is 18.2 Å². The quantitative estimate of drug-likeness (QED) is 0.393. The van der Waals surface area contributed by atoms with E-state index in [1.54, 1.807) is 45.1 Å². The van der Waals surface area contributed by atoms with Crippen molar-refractivity contribution in [3.63, 3.8) is 0 Å². The van der Waals surface area contributed by atoms with Crippen molar-refractivity contribution in [1.29, 1.82) is 0 Å². The Morgan fingerprint density at radius 1 is 0.962 bits per heavy atom. The van der Waals surface area contributed by atoms with Crippen LogP contribution in [0.2, 0.25) is 0 Å². The van der Waals surface area contributed by atoms with Crippen LogP contribution in [0.25, 0.3) is 0 Å². The van der Waals surface area contributed by atoms with Gasteiger partial charge in [0.15, 0.2) is 5.96 Å². The average Bonchev–Trinajstić information content (AvgIpc) is 2.57. The maximum absolute atomic E-state index is 14.0. The van der Waals surface area contributed by atoms with E-state index in [9.17, 15) is 8.78 Å². The van der Waals surface area contributed by atoms with Gasteiger partial charge in [0, 0.05) is 34.2 Å². The first-order chi connectivity index (χ1) is 11.9. The molecule has 0 atom stereocenters. The molecule has 4 nitrogen and oxygen atoms in total.